The van der Waals surface area contributed by atoms with Crippen LogP contribution in [0.1, 0.15) is 72.5 Å². The minimum absolute atomic E-state index is 0. The van der Waals surface area contributed by atoms with Gasteiger partial charge in [-0.15, -0.1) is 12.4 Å². The number of amides is 1. The molecule has 1 aliphatic rings. The zero-order valence-electron chi connectivity index (χ0n) is 24.4. The van der Waals surface area contributed by atoms with Crippen molar-refractivity contribution in [2.45, 2.75) is 63.6 Å². The summed E-state index contributed by atoms with van der Waals surface area (Å²) >= 11 is 0. The first-order valence-electron chi connectivity index (χ1n) is 14.8. The zero-order chi connectivity index (χ0) is 29.8. The zero-order valence-corrected chi connectivity index (χ0v) is 26.0. The molecule has 0 heterocycles. The monoisotopic (exact) mass is 630 g/mol. The van der Waals surface area contributed by atoms with Gasteiger partial charge >= 0.3 is 0 Å². The Bertz CT molecular complexity index is 1380. The molecule has 1 fully saturated rings. The molecule has 0 saturated heterocycles. The van der Waals surface area contributed by atoms with Crippen LogP contribution in [-0.2, 0) is 16.4 Å². The van der Waals surface area contributed by atoms with Gasteiger partial charge in [0.25, 0.3) is 5.91 Å². The maximum Gasteiger partial charge on any atom is 0.268 e. The number of sulfonamides is 1. The third-order valence-electron chi connectivity index (χ3n) is 7.52. The van der Waals surface area contributed by atoms with Gasteiger partial charge in [-0.1, -0.05) is 67.1 Å². The van der Waals surface area contributed by atoms with Crippen molar-refractivity contribution in [2.75, 3.05) is 25.4 Å². The van der Waals surface area contributed by atoms with Crippen molar-refractivity contribution in [3.05, 3.63) is 89.5 Å². The molecule has 0 bridgehead atoms. The summed E-state index contributed by atoms with van der Waals surface area (Å²) in [5, 5.41) is 22.6. The SMILES string of the molecule is Cl.O=C(NS(=O)(=O)CCCO)c1ccc(-c2ccc(CCCNC[C@@H](O)c3ccccc3)cc2)cc1OC1CCCCC1. The number of aryl methyl sites for hydroxylation is 1. The molecule has 0 aromatic heterocycles. The summed E-state index contributed by atoms with van der Waals surface area (Å²) in [4.78, 5) is 13.0. The Labute approximate surface area is 261 Å². The third-order valence-corrected chi connectivity index (χ3v) is 8.84. The summed E-state index contributed by atoms with van der Waals surface area (Å²) in [7, 11) is -3.87. The first-order chi connectivity index (χ1) is 20.3. The Kier molecular flexibility index (Phi) is 14.0. The van der Waals surface area contributed by atoms with E-state index in [1.54, 1.807) is 12.1 Å². The van der Waals surface area contributed by atoms with E-state index in [0.29, 0.717) is 12.3 Å². The number of benzene rings is 3. The molecule has 0 aliphatic heterocycles. The Hall–Kier alpha value is -2.95. The van der Waals surface area contributed by atoms with Gasteiger partial charge < -0.3 is 20.3 Å². The number of aliphatic hydroxyl groups is 2. The number of hydrogen-bond acceptors (Lipinski definition) is 7. The number of nitrogens with one attached hydrogen (secondary N) is 2. The van der Waals surface area contributed by atoms with Crippen LogP contribution in [0.15, 0.2) is 72.8 Å². The summed E-state index contributed by atoms with van der Waals surface area (Å²) < 4.78 is 33.0. The molecule has 0 unspecified atom stereocenters. The van der Waals surface area contributed by atoms with E-state index in [1.165, 1.54) is 5.56 Å². The lowest BCUT2D eigenvalue weighted by atomic mass is 9.97. The molecule has 1 aliphatic carbocycles. The minimum Gasteiger partial charge on any atom is -0.490 e. The first-order valence-corrected chi connectivity index (χ1v) is 16.5. The van der Waals surface area contributed by atoms with E-state index in [4.69, 9.17) is 9.84 Å². The molecule has 4 N–H and O–H groups in total. The molecule has 234 valence electrons. The first kappa shape index (κ1) is 34.5. The number of hydrogen-bond donors (Lipinski definition) is 4. The number of carbonyl (C=O) groups excluding carboxylic acids is 1. The van der Waals surface area contributed by atoms with E-state index < -0.39 is 22.0 Å². The molecule has 1 atom stereocenters. The number of ether oxygens (including phenoxy) is 1. The Morgan fingerprint density at radius 1 is 0.930 bits per heavy atom. The average molecular weight is 631 g/mol. The summed E-state index contributed by atoms with van der Waals surface area (Å²) in [6, 6.07) is 23.1. The molecule has 1 saturated carbocycles. The van der Waals surface area contributed by atoms with Gasteiger partial charge in [0.1, 0.15) is 5.75 Å². The van der Waals surface area contributed by atoms with Crippen molar-refractivity contribution in [3.63, 3.8) is 0 Å². The molecule has 0 radical (unpaired) electrons. The summed E-state index contributed by atoms with van der Waals surface area (Å²) in [5.41, 5.74) is 4.14. The van der Waals surface area contributed by atoms with Crippen LogP contribution in [0, 0.1) is 0 Å². The number of rotatable bonds is 15. The molecular formula is C33H43ClN2O6S. The van der Waals surface area contributed by atoms with Gasteiger partial charge in [-0.3, -0.25) is 4.79 Å². The Balaban J connectivity index is 0.00000506. The van der Waals surface area contributed by atoms with E-state index in [2.05, 4.69) is 22.2 Å². The maximum atomic E-state index is 13.0. The van der Waals surface area contributed by atoms with Crippen LogP contribution in [0.3, 0.4) is 0 Å². The van der Waals surface area contributed by atoms with Crippen LogP contribution < -0.4 is 14.8 Å². The molecule has 0 spiro atoms. The highest BCUT2D eigenvalue weighted by atomic mass is 35.5. The van der Waals surface area contributed by atoms with Crippen molar-refractivity contribution < 1.29 is 28.2 Å². The summed E-state index contributed by atoms with van der Waals surface area (Å²) in [6.45, 7) is 1.04. The highest BCUT2D eigenvalue weighted by molar-refractivity contribution is 7.90. The fraction of sp³-hybridized carbons (Fsp3) is 0.424. The van der Waals surface area contributed by atoms with E-state index in [-0.39, 0.29) is 42.9 Å². The molecule has 43 heavy (non-hydrogen) atoms. The summed E-state index contributed by atoms with van der Waals surface area (Å²) in [5.74, 6) is -0.683. The largest absolute Gasteiger partial charge is 0.490 e. The highest BCUT2D eigenvalue weighted by Crippen LogP contribution is 2.31. The highest BCUT2D eigenvalue weighted by Gasteiger charge is 2.23. The molecular weight excluding hydrogens is 588 g/mol. The lowest BCUT2D eigenvalue weighted by Gasteiger charge is -2.24. The van der Waals surface area contributed by atoms with E-state index in [0.717, 1.165) is 68.2 Å². The normalized spacial score (nSPS) is 14.5. The van der Waals surface area contributed by atoms with Crippen LogP contribution >= 0.6 is 12.4 Å². The van der Waals surface area contributed by atoms with Gasteiger partial charge in [0.05, 0.1) is 23.5 Å². The van der Waals surface area contributed by atoms with Gasteiger partial charge in [-0.2, -0.15) is 0 Å². The second-order valence-corrected chi connectivity index (χ2v) is 12.7. The lowest BCUT2D eigenvalue weighted by Crippen LogP contribution is -2.33. The molecule has 1 amide bonds. The maximum absolute atomic E-state index is 13.0. The van der Waals surface area contributed by atoms with Gasteiger partial charge in [0.2, 0.25) is 10.0 Å². The Morgan fingerprint density at radius 3 is 2.33 bits per heavy atom. The average Bonchev–Trinajstić information content (AvgIpc) is 3.01. The second-order valence-electron chi connectivity index (χ2n) is 10.8. The van der Waals surface area contributed by atoms with E-state index >= 15 is 0 Å². The predicted octanol–water partition coefficient (Wildman–Crippen LogP) is 5.18. The number of aliphatic hydroxyl groups excluding tert-OH is 2. The van der Waals surface area contributed by atoms with Gasteiger partial charge in [0, 0.05) is 13.2 Å². The molecule has 8 nitrogen and oxygen atoms in total. The summed E-state index contributed by atoms with van der Waals surface area (Å²) in [6.07, 6.45) is 6.43. The van der Waals surface area contributed by atoms with Crippen molar-refractivity contribution in [1.82, 2.24) is 10.0 Å². The fourth-order valence-corrected chi connectivity index (χ4v) is 6.17. The van der Waals surface area contributed by atoms with Gasteiger partial charge in [-0.25, -0.2) is 13.1 Å². The van der Waals surface area contributed by atoms with Gasteiger partial charge in [-0.05, 0) is 85.9 Å². The fourth-order valence-electron chi connectivity index (χ4n) is 5.16. The van der Waals surface area contributed by atoms with Crippen molar-refractivity contribution in [3.8, 4) is 16.9 Å². The third kappa shape index (κ3) is 10.9. The van der Waals surface area contributed by atoms with Crippen molar-refractivity contribution in [1.29, 1.82) is 0 Å². The predicted molar refractivity (Wildman–Crippen MR) is 172 cm³/mol. The van der Waals surface area contributed by atoms with Gasteiger partial charge in [0.15, 0.2) is 0 Å². The van der Waals surface area contributed by atoms with Crippen LogP contribution in [0.4, 0.5) is 0 Å². The number of carbonyl (C=O) groups is 1. The second kappa shape index (κ2) is 17.4. The quantitative estimate of drug-likeness (QED) is 0.170. The minimum atomic E-state index is -3.87. The van der Waals surface area contributed by atoms with Crippen LogP contribution in [-0.4, -0.2) is 56.1 Å². The van der Waals surface area contributed by atoms with Crippen molar-refractivity contribution in [2.24, 2.45) is 0 Å². The molecule has 3 aromatic carbocycles. The topological polar surface area (TPSA) is 125 Å². The van der Waals surface area contributed by atoms with Crippen molar-refractivity contribution >= 4 is 28.3 Å². The van der Waals surface area contributed by atoms with Crippen LogP contribution in [0.25, 0.3) is 11.1 Å². The van der Waals surface area contributed by atoms with Crippen LogP contribution in [0.2, 0.25) is 0 Å². The molecule has 10 heteroatoms. The van der Waals surface area contributed by atoms with E-state index in [1.807, 2.05) is 48.5 Å². The number of halogens is 1. The van der Waals surface area contributed by atoms with Crippen LogP contribution in [0.5, 0.6) is 5.75 Å². The van der Waals surface area contributed by atoms with E-state index in [9.17, 15) is 18.3 Å². The molecule has 4 rings (SSSR count). The molecule has 3 aromatic rings. The standard InChI is InChI=1S/C33H42N2O6S.ClH/c36-21-8-22-42(39,40)35-33(38)30-19-18-28(23-32(30)41-29-12-5-2-6-13-29)26-16-14-25(15-17-26)9-7-20-34-24-31(37)27-10-3-1-4-11-27;/h1,3-4,10-11,14-19,23,29,31,34,36-37H,2,5-9,12-13,20-22,24H2,(H,35,38);1H/t31-;/m1./s1. The Morgan fingerprint density at radius 2 is 1.63 bits per heavy atom. The smallest absolute Gasteiger partial charge is 0.268 e. The lowest BCUT2D eigenvalue weighted by molar-refractivity contribution is 0.0969.